The summed E-state index contributed by atoms with van der Waals surface area (Å²) in [6, 6.07) is 4.89. The number of anilines is 1. The number of hydrogen-bond acceptors (Lipinski definition) is 6. The van der Waals surface area contributed by atoms with Crippen LogP contribution in [0.1, 0.15) is 17.8 Å². The molecule has 4 heterocycles. The molecule has 0 bridgehead atoms. The lowest BCUT2D eigenvalue weighted by atomic mass is 10.3. The van der Waals surface area contributed by atoms with Gasteiger partial charge in [0.2, 0.25) is 5.88 Å². The van der Waals surface area contributed by atoms with Crippen LogP contribution in [-0.2, 0) is 12.4 Å². The molecule has 154 valence electrons. The highest BCUT2D eigenvalue weighted by Gasteiger charge is 2.38. The summed E-state index contributed by atoms with van der Waals surface area (Å²) >= 11 is 0. The summed E-state index contributed by atoms with van der Waals surface area (Å²) < 4.78 is 82.9. The zero-order valence-corrected chi connectivity index (χ0v) is 14.4. The van der Waals surface area contributed by atoms with Crippen molar-refractivity contribution in [1.82, 2.24) is 24.8 Å². The normalized spacial score (nSPS) is 17.9. The SMILES string of the molecule is FC(F)(F)c1ccc(OC2CCN(c3ccc4nnc(C(F)(F)F)n4n3)C2)nc1. The van der Waals surface area contributed by atoms with Gasteiger partial charge in [0.1, 0.15) is 11.9 Å². The van der Waals surface area contributed by atoms with Gasteiger partial charge in [-0.25, -0.2) is 4.98 Å². The molecule has 0 aliphatic carbocycles. The molecule has 4 rings (SSSR count). The maximum absolute atomic E-state index is 13.0. The topological polar surface area (TPSA) is 68.4 Å². The number of aromatic nitrogens is 5. The average Bonchev–Trinajstić information content (AvgIpc) is 3.27. The van der Waals surface area contributed by atoms with Crippen molar-refractivity contribution in [3.8, 4) is 5.88 Å². The lowest BCUT2D eigenvalue weighted by Crippen LogP contribution is -2.26. The monoisotopic (exact) mass is 418 g/mol. The second kappa shape index (κ2) is 6.74. The Kier molecular flexibility index (Phi) is 4.46. The standard InChI is InChI=1S/C16H12F6N6O/c17-15(18,19)9-1-4-13(23-7-9)29-10-5-6-27(8-10)12-3-2-11-24-25-14(16(20,21)22)28(11)26-12/h1-4,7,10H,5-6,8H2. The van der Waals surface area contributed by atoms with Crippen LogP contribution in [0, 0.1) is 0 Å². The van der Waals surface area contributed by atoms with Gasteiger partial charge in [0.15, 0.2) is 5.65 Å². The van der Waals surface area contributed by atoms with Gasteiger partial charge in [-0.15, -0.1) is 15.3 Å². The fourth-order valence-corrected chi connectivity index (χ4v) is 2.95. The Morgan fingerprint density at radius 2 is 1.76 bits per heavy atom. The van der Waals surface area contributed by atoms with E-state index >= 15 is 0 Å². The number of alkyl halides is 6. The molecule has 1 aliphatic heterocycles. The van der Waals surface area contributed by atoms with Crippen molar-refractivity contribution in [2.45, 2.75) is 24.9 Å². The lowest BCUT2D eigenvalue weighted by molar-refractivity contribution is -0.146. The van der Waals surface area contributed by atoms with Crippen LogP contribution >= 0.6 is 0 Å². The molecule has 0 saturated carbocycles. The van der Waals surface area contributed by atoms with E-state index < -0.39 is 29.8 Å². The first-order chi connectivity index (χ1) is 13.6. The Hall–Kier alpha value is -3.12. The first-order valence-corrected chi connectivity index (χ1v) is 8.36. The second-order valence-corrected chi connectivity index (χ2v) is 6.34. The fourth-order valence-electron chi connectivity index (χ4n) is 2.95. The van der Waals surface area contributed by atoms with Crippen LogP contribution in [0.3, 0.4) is 0 Å². The van der Waals surface area contributed by atoms with E-state index in [0.717, 1.165) is 12.1 Å². The predicted octanol–water partition coefficient (Wildman–Crippen LogP) is 3.21. The van der Waals surface area contributed by atoms with E-state index in [-0.39, 0.29) is 23.9 Å². The van der Waals surface area contributed by atoms with Crippen molar-refractivity contribution in [3.63, 3.8) is 0 Å². The zero-order valence-electron chi connectivity index (χ0n) is 14.4. The highest BCUT2D eigenvalue weighted by Crippen LogP contribution is 2.30. The van der Waals surface area contributed by atoms with Crippen LogP contribution < -0.4 is 9.64 Å². The third-order valence-electron chi connectivity index (χ3n) is 4.32. The smallest absolute Gasteiger partial charge is 0.453 e. The Morgan fingerprint density at radius 3 is 2.41 bits per heavy atom. The molecule has 7 nitrogen and oxygen atoms in total. The molecule has 1 unspecified atom stereocenters. The van der Waals surface area contributed by atoms with Crippen LogP contribution in [0.2, 0.25) is 0 Å². The van der Waals surface area contributed by atoms with E-state index in [1.807, 2.05) is 0 Å². The van der Waals surface area contributed by atoms with E-state index in [1.54, 1.807) is 4.90 Å². The number of pyridine rings is 1. The molecule has 0 amide bonds. The average molecular weight is 418 g/mol. The van der Waals surface area contributed by atoms with Gasteiger partial charge in [-0.2, -0.15) is 30.9 Å². The summed E-state index contributed by atoms with van der Waals surface area (Å²) in [6.45, 7) is 0.720. The molecule has 0 aromatic carbocycles. The number of nitrogens with zero attached hydrogens (tertiary/aromatic N) is 6. The number of fused-ring (bicyclic) bond motifs is 1. The van der Waals surface area contributed by atoms with Crippen molar-refractivity contribution < 1.29 is 31.1 Å². The van der Waals surface area contributed by atoms with Gasteiger partial charge in [-0.05, 0) is 18.2 Å². The van der Waals surface area contributed by atoms with E-state index in [9.17, 15) is 26.3 Å². The Bertz CT molecular complexity index is 1020. The molecule has 0 spiro atoms. The van der Waals surface area contributed by atoms with Gasteiger partial charge in [-0.1, -0.05) is 0 Å². The fraction of sp³-hybridized carbons (Fsp3) is 0.375. The number of hydrogen-bond donors (Lipinski definition) is 0. The molecule has 29 heavy (non-hydrogen) atoms. The molecule has 1 aliphatic rings. The molecule has 0 radical (unpaired) electrons. The van der Waals surface area contributed by atoms with Crippen LogP contribution in [0.4, 0.5) is 32.2 Å². The zero-order chi connectivity index (χ0) is 20.8. The van der Waals surface area contributed by atoms with E-state index in [4.69, 9.17) is 4.74 Å². The Morgan fingerprint density at radius 1 is 0.966 bits per heavy atom. The molecule has 0 N–H and O–H groups in total. The minimum absolute atomic E-state index is 0.0337. The van der Waals surface area contributed by atoms with Gasteiger partial charge in [0.05, 0.1) is 12.1 Å². The molecule has 1 fully saturated rings. The minimum Gasteiger partial charge on any atom is -0.472 e. The van der Waals surface area contributed by atoms with Gasteiger partial charge >= 0.3 is 12.4 Å². The third kappa shape index (κ3) is 3.89. The third-order valence-corrected chi connectivity index (χ3v) is 4.32. The van der Waals surface area contributed by atoms with E-state index in [2.05, 4.69) is 20.3 Å². The largest absolute Gasteiger partial charge is 0.472 e. The molecular weight excluding hydrogens is 406 g/mol. The van der Waals surface area contributed by atoms with Crippen molar-refractivity contribution in [3.05, 3.63) is 41.9 Å². The molecule has 3 aromatic rings. The predicted molar refractivity (Wildman–Crippen MR) is 86.3 cm³/mol. The maximum Gasteiger partial charge on any atom is 0.453 e. The van der Waals surface area contributed by atoms with E-state index in [1.165, 1.54) is 12.1 Å². The van der Waals surface area contributed by atoms with Gasteiger partial charge in [0.25, 0.3) is 5.82 Å². The summed E-state index contributed by atoms with van der Waals surface area (Å²) in [4.78, 5) is 5.36. The number of ether oxygens (including phenoxy) is 1. The maximum atomic E-state index is 13.0. The first kappa shape index (κ1) is 19.2. The minimum atomic E-state index is -4.70. The Balaban J connectivity index is 1.47. The Labute approximate surface area is 158 Å². The van der Waals surface area contributed by atoms with Crippen molar-refractivity contribution in [1.29, 1.82) is 0 Å². The molecule has 1 atom stereocenters. The summed E-state index contributed by atoms with van der Waals surface area (Å²) in [7, 11) is 0. The van der Waals surface area contributed by atoms with Crippen molar-refractivity contribution in [2.24, 2.45) is 0 Å². The second-order valence-electron chi connectivity index (χ2n) is 6.34. The first-order valence-electron chi connectivity index (χ1n) is 8.36. The molecule has 1 saturated heterocycles. The summed E-state index contributed by atoms with van der Waals surface area (Å²) in [5.41, 5.74) is -0.924. The van der Waals surface area contributed by atoms with Crippen LogP contribution in [0.25, 0.3) is 5.65 Å². The summed E-state index contributed by atoms with van der Waals surface area (Å²) in [6.07, 6.45) is -8.41. The highest BCUT2D eigenvalue weighted by atomic mass is 19.4. The molecule has 3 aromatic heterocycles. The number of rotatable bonds is 3. The van der Waals surface area contributed by atoms with E-state index in [0.29, 0.717) is 23.7 Å². The lowest BCUT2D eigenvalue weighted by Gasteiger charge is -2.18. The van der Waals surface area contributed by atoms with Crippen LogP contribution in [0.5, 0.6) is 5.88 Å². The van der Waals surface area contributed by atoms with Gasteiger partial charge in [-0.3, -0.25) is 0 Å². The van der Waals surface area contributed by atoms with Crippen molar-refractivity contribution >= 4 is 11.5 Å². The van der Waals surface area contributed by atoms with Crippen LogP contribution in [0.15, 0.2) is 30.5 Å². The summed E-state index contributed by atoms with van der Waals surface area (Å²) in [5.74, 6) is -0.920. The number of halogens is 6. The van der Waals surface area contributed by atoms with Crippen molar-refractivity contribution in [2.75, 3.05) is 18.0 Å². The molecular formula is C16H12F6N6O. The van der Waals surface area contributed by atoms with Gasteiger partial charge < -0.3 is 9.64 Å². The summed E-state index contributed by atoms with van der Waals surface area (Å²) in [5, 5.41) is 10.5. The highest BCUT2D eigenvalue weighted by molar-refractivity contribution is 5.46. The quantitative estimate of drug-likeness (QED) is 0.609. The molecule has 13 heteroatoms. The van der Waals surface area contributed by atoms with Crippen LogP contribution in [-0.4, -0.2) is 44.0 Å². The van der Waals surface area contributed by atoms with Gasteiger partial charge in [0, 0.05) is 25.2 Å².